The Balaban J connectivity index is 4.28. The number of amides is 1. The number of allylic oxidation sites excluding steroid dienone is 29. The molecule has 0 aromatic carbocycles. The van der Waals surface area contributed by atoms with Gasteiger partial charge in [-0.05, 0) is 135 Å². The van der Waals surface area contributed by atoms with Crippen molar-refractivity contribution in [2.24, 2.45) is 0 Å². The molecule has 0 fully saturated rings. The Morgan fingerprint density at radius 3 is 1.12 bits per heavy atom. The molecule has 0 bridgehead atoms. The van der Waals surface area contributed by atoms with Crippen molar-refractivity contribution in [3.05, 3.63) is 182 Å². The van der Waals surface area contributed by atoms with Gasteiger partial charge < -0.3 is 19.8 Å². The SMILES string of the molecule is CC/C=C\C/C=C\C/C=C\C/C=C\C/C=C\C/C=C\C/C=C\C/C=C\C/C=C\C/C=C\C/C=C\C/C=C\CCCCCCC(=O)NC(COP(=O)(O)OCC[N+](C)(C)C)C(O)/C=C/CC/C=C/CC/C=C/CCCCCCCCCCC. The maximum Gasteiger partial charge on any atom is 0.472 e. The molecular formula is C73H120N2O6P+. The van der Waals surface area contributed by atoms with E-state index < -0.39 is 20.0 Å². The lowest BCUT2D eigenvalue weighted by Gasteiger charge is -2.25. The number of nitrogens with one attached hydrogen (secondary N) is 1. The highest BCUT2D eigenvalue weighted by Crippen LogP contribution is 2.43. The number of carbonyl (C=O) groups excluding carboxylic acids is 1. The number of hydrogen-bond acceptors (Lipinski definition) is 5. The predicted molar refractivity (Wildman–Crippen MR) is 359 cm³/mol. The summed E-state index contributed by atoms with van der Waals surface area (Å²) in [6.07, 6.45) is 98.7. The zero-order valence-electron chi connectivity index (χ0n) is 52.6. The quantitative estimate of drug-likeness (QED) is 0.0243. The van der Waals surface area contributed by atoms with Gasteiger partial charge in [0.05, 0.1) is 39.9 Å². The van der Waals surface area contributed by atoms with Crippen LogP contribution in [-0.4, -0.2) is 73.4 Å². The number of aliphatic hydroxyl groups is 1. The van der Waals surface area contributed by atoms with Gasteiger partial charge in [-0.25, -0.2) is 4.57 Å². The molecule has 0 aliphatic carbocycles. The summed E-state index contributed by atoms with van der Waals surface area (Å²) in [6, 6.07) is -0.898. The lowest BCUT2D eigenvalue weighted by Crippen LogP contribution is -2.45. The maximum absolute atomic E-state index is 13.0. The summed E-state index contributed by atoms with van der Waals surface area (Å²) in [5, 5.41) is 13.9. The van der Waals surface area contributed by atoms with Gasteiger partial charge in [0.15, 0.2) is 0 Å². The molecule has 0 rings (SSSR count). The van der Waals surface area contributed by atoms with Crippen LogP contribution in [0, 0.1) is 0 Å². The minimum atomic E-state index is -4.38. The largest absolute Gasteiger partial charge is 0.472 e. The topological polar surface area (TPSA) is 105 Å². The molecule has 0 saturated carbocycles. The van der Waals surface area contributed by atoms with E-state index in [2.05, 4.69) is 189 Å². The molecule has 0 spiro atoms. The maximum atomic E-state index is 13.0. The molecule has 82 heavy (non-hydrogen) atoms. The molecule has 9 heteroatoms. The first-order valence-electron chi connectivity index (χ1n) is 32.2. The first-order chi connectivity index (χ1) is 40.0. The molecule has 0 aliphatic rings. The second-order valence-electron chi connectivity index (χ2n) is 22.0. The van der Waals surface area contributed by atoms with Crippen LogP contribution in [0.5, 0.6) is 0 Å². The zero-order chi connectivity index (χ0) is 59.8. The summed E-state index contributed by atoms with van der Waals surface area (Å²) >= 11 is 0. The fourth-order valence-corrected chi connectivity index (χ4v) is 8.85. The molecule has 0 aliphatic heterocycles. The van der Waals surface area contributed by atoms with Gasteiger partial charge in [-0.3, -0.25) is 13.8 Å². The highest BCUT2D eigenvalue weighted by atomic mass is 31.2. The van der Waals surface area contributed by atoms with E-state index in [1.54, 1.807) is 6.08 Å². The number of likely N-dealkylation sites (N-methyl/N-ethyl adjacent to an activating group) is 1. The van der Waals surface area contributed by atoms with Crippen molar-refractivity contribution >= 4 is 13.7 Å². The van der Waals surface area contributed by atoms with Crippen LogP contribution < -0.4 is 5.32 Å². The number of phosphoric acid groups is 1. The normalized spacial score (nSPS) is 15.0. The second kappa shape index (κ2) is 61.2. The first kappa shape index (κ1) is 77.6. The van der Waals surface area contributed by atoms with Gasteiger partial charge in [0.2, 0.25) is 5.91 Å². The Hall–Kier alpha value is -4.40. The Morgan fingerprint density at radius 1 is 0.427 bits per heavy atom. The van der Waals surface area contributed by atoms with Crippen LogP contribution in [0.1, 0.15) is 219 Å². The fraction of sp³-hybridized carbons (Fsp3) is 0.575. The molecule has 0 radical (unpaired) electrons. The summed E-state index contributed by atoms with van der Waals surface area (Å²) in [7, 11) is 1.50. The Kier molecular flexibility index (Phi) is 57.9. The van der Waals surface area contributed by atoms with Gasteiger partial charge in [0.1, 0.15) is 13.2 Å². The predicted octanol–water partition coefficient (Wildman–Crippen LogP) is 20.5. The average Bonchev–Trinajstić information content (AvgIpc) is 3.47. The minimum Gasteiger partial charge on any atom is -0.387 e. The molecule has 3 N–H and O–H groups in total. The van der Waals surface area contributed by atoms with E-state index in [4.69, 9.17) is 9.05 Å². The highest BCUT2D eigenvalue weighted by molar-refractivity contribution is 7.47. The zero-order valence-corrected chi connectivity index (χ0v) is 53.5. The third kappa shape index (κ3) is 63.2. The standard InChI is InChI=1S/C73H119N2O6P/c1-6-8-10-12-14-16-18-20-22-24-26-27-28-29-30-31-32-33-34-35-36-37-38-39-40-41-42-43-44-45-46-47-49-51-53-55-57-59-61-63-65-67-73(77)74-71(70-81-82(78,79)80-69-68-75(3,4)5)72(76)66-64-62-60-58-56-54-52-50-48-25-23-21-19-17-15-13-11-9-7-2/h8,10,14,16,20,22,26-27,29-30,32-33,35-36,38-39,41-42,44-45,47-50,53,55-56,58,64,66,71-72,76H,6-7,9,11-13,15,17-19,21,23-25,28,31,34,37,40,43,46,51-52,54,57,59-63,65,67-70H2,1-5H3,(H-,74,77,78,79)/p+1/b10-8-,16-14-,22-20-,27-26-,30-29-,33-32-,36-35-,39-38-,42-41-,45-44-,49-47-,50-48+,55-53-,58-56+,66-64+. The second-order valence-corrected chi connectivity index (χ2v) is 23.5. The van der Waals surface area contributed by atoms with Crippen LogP contribution in [0.4, 0.5) is 0 Å². The van der Waals surface area contributed by atoms with Crippen LogP contribution in [0.15, 0.2) is 182 Å². The number of unbranched alkanes of at least 4 members (excludes halogenated alkanes) is 15. The monoisotopic (exact) mass is 1150 g/mol. The number of carbonyl (C=O) groups is 1. The minimum absolute atomic E-state index is 0.0382. The molecule has 8 nitrogen and oxygen atoms in total. The van der Waals surface area contributed by atoms with Gasteiger partial charge in [0, 0.05) is 6.42 Å². The van der Waals surface area contributed by atoms with Gasteiger partial charge >= 0.3 is 7.82 Å². The van der Waals surface area contributed by atoms with Crippen molar-refractivity contribution in [1.29, 1.82) is 0 Å². The number of rotatable bonds is 56. The van der Waals surface area contributed by atoms with E-state index in [-0.39, 0.29) is 19.1 Å². The van der Waals surface area contributed by atoms with Crippen molar-refractivity contribution in [3.8, 4) is 0 Å². The van der Waals surface area contributed by atoms with E-state index in [1.165, 1.54) is 64.2 Å². The smallest absolute Gasteiger partial charge is 0.387 e. The molecule has 0 saturated heterocycles. The van der Waals surface area contributed by atoms with Crippen LogP contribution in [0.2, 0.25) is 0 Å². The molecular weight excluding hydrogens is 1030 g/mol. The van der Waals surface area contributed by atoms with Crippen LogP contribution in [-0.2, 0) is 18.4 Å². The molecule has 3 atom stereocenters. The number of nitrogens with zero attached hydrogens (tertiary/aromatic N) is 1. The lowest BCUT2D eigenvalue weighted by atomic mass is 10.1. The third-order valence-corrected chi connectivity index (χ3v) is 14.1. The number of aliphatic hydroxyl groups excluding tert-OH is 1. The van der Waals surface area contributed by atoms with Gasteiger partial charge in [-0.15, -0.1) is 0 Å². The van der Waals surface area contributed by atoms with Gasteiger partial charge in [-0.2, -0.15) is 0 Å². The van der Waals surface area contributed by atoms with E-state index in [9.17, 15) is 19.4 Å². The van der Waals surface area contributed by atoms with Crippen molar-refractivity contribution < 1.29 is 32.9 Å². The van der Waals surface area contributed by atoms with Gasteiger partial charge in [-0.1, -0.05) is 260 Å². The van der Waals surface area contributed by atoms with Crippen LogP contribution >= 0.6 is 7.82 Å². The van der Waals surface area contributed by atoms with Crippen molar-refractivity contribution in [2.45, 2.75) is 231 Å². The van der Waals surface area contributed by atoms with Crippen molar-refractivity contribution in [2.75, 3.05) is 40.9 Å². The van der Waals surface area contributed by atoms with Gasteiger partial charge in [0.25, 0.3) is 0 Å². The van der Waals surface area contributed by atoms with Crippen molar-refractivity contribution in [3.63, 3.8) is 0 Å². The highest BCUT2D eigenvalue weighted by Gasteiger charge is 2.27. The number of quaternary nitrogens is 1. The summed E-state index contributed by atoms with van der Waals surface area (Å²) < 4.78 is 23.7. The summed E-state index contributed by atoms with van der Waals surface area (Å²) in [5.74, 6) is -0.223. The lowest BCUT2D eigenvalue weighted by molar-refractivity contribution is -0.870. The van der Waals surface area contributed by atoms with E-state index >= 15 is 0 Å². The van der Waals surface area contributed by atoms with Crippen LogP contribution in [0.3, 0.4) is 0 Å². The fourth-order valence-electron chi connectivity index (χ4n) is 8.11. The number of hydrogen-bond donors (Lipinski definition) is 3. The van der Waals surface area contributed by atoms with E-state index in [1.807, 2.05) is 27.2 Å². The molecule has 0 aromatic rings. The Labute approximate surface area is 504 Å². The van der Waals surface area contributed by atoms with E-state index in [0.717, 1.165) is 135 Å². The molecule has 462 valence electrons. The number of phosphoric ester groups is 1. The molecule has 3 unspecified atom stereocenters. The summed E-state index contributed by atoms with van der Waals surface area (Å²) in [4.78, 5) is 23.3. The Bertz CT molecular complexity index is 1990. The molecule has 0 aromatic heterocycles. The Morgan fingerprint density at radius 2 is 0.744 bits per heavy atom. The van der Waals surface area contributed by atoms with Crippen LogP contribution in [0.25, 0.3) is 0 Å². The third-order valence-electron chi connectivity index (χ3n) is 13.1. The first-order valence-corrected chi connectivity index (χ1v) is 33.7. The van der Waals surface area contributed by atoms with E-state index in [0.29, 0.717) is 17.4 Å². The summed E-state index contributed by atoms with van der Waals surface area (Å²) in [6.45, 7) is 4.63. The average molecular weight is 1150 g/mol. The molecule has 1 amide bonds. The molecule has 0 heterocycles. The van der Waals surface area contributed by atoms with Crippen molar-refractivity contribution in [1.82, 2.24) is 5.32 Å². The summed E-state index contributed by atoms with van der Waals surface area (Å²) in [5.41, 5.74) is 0.